The molecule has 0 heterocycles. The number of hydrogen-bond acceptors (Lipinski definition) is 4. The van der Waals surface area contributed by atoms with Gasteiger partial charge >= 0.3 is 5.97 Å². The molecule has 0 aliphatic carbocycles. The lowest BCUT2D eigenvalue weighted by atomic mass is 10.3. The lowest BCUT2D eigenvalue weighted by Crippen LogP contribution is -2.41. The van der Waals surface area contributed by atoms with Gasteiger partial charge in [0, 0.05) is 0 Å². The van der Waals surface area contributed by atoms with Crippen molar-refractivity contribution in [3.8, 4) is 0 Å². The van der Waals surface area contributed by atoms with Crippen molar-refractivity contribution >= 4 is 33.5 Å². The fourth-order valence-corrected chi connectivity index (χ4v) is 2.96. The van der Waals surface area contributed by atoms with Crippen molar-refractivity contribution < 1.29 is 27.5 Å². The molecule has 3 N–H and O–H groups in total. The lowest BCUT2D eigenvalue weighted by Gasteiger charge is -2.18. The summed E-state index contributed by atoms with van der Waals surface area (Å²) in [5.41, 5.74) is 4.87. The van der Waals surface area contributed by atoms with Crippen LogP contribution in [-0.2, 0) is 19.6 Å². The molecule has 0 saturated heterocycles. The molecule has 20 heavy (non-hydrogen) atoms. The molecule has 7 nitrogen and oxygen atoms in total. The second-order valence-electron chi connectivity index (χ2n) is 3.71. The van der Waals surface area contributed by atoms with Crippen LogP contribution in [0, 0.1) is 5.82 Å². The third-order valence-corrected chi connectivity index (χ3v) is 4.25. The first kappa shape index (κ1) is 16.3. The highest BCUT2D eigenvalue weighted by Crippen LogP contribution is 2.22. The van der Waals surface area contributed by atoms with Crippen LogP contribution in [0.25, 0.3) is 0 Å². The number of carboxylic acids is 1. The molecule has 0 atom stereocenters. The second kappa shape index (κ2) is 6.16. The van der Waals surface area contributed by atoms with Crippen LogP contribution in [0.2, 0.25) is 5.02 Å². The Morgan fingerprint density at radius 2 is 1.95 bits per heavy atom. The summed E-state index contributed by atoms with van der Waals surface area (Å²) in [6, 6.07) is 2.55. The SMILES string of the molecule is NC(=O)CN(CC(=O)O)S(=O)(=O)c1ccc(F)c(Cl)c1. The minimum Gasteiger partial charge on any atom is -0.480 e. The standard InChI is InChI=1S/C10H10ClFN2O5S/c11-7-3-6(1-2-8(7)12)20(18,19)14(4-9(13)15)5-10(16)17/h1-3H,4-5H2,(H2,13,15)(H,16,17). The number of nitrogens with two attached hydrogens (primary N) is 1. The predicted molar refractivity (Wildman–Crippen MR) is 67.0 cm³/mol. The Labute approximate surface area is 118 Å². The van der Waals surface area contributed by atoms with Gasteiger partial charge in [0.05, 0.1) is 16.5 Å². The van der Waals surface area contributed by atoms with Crippen molar-refractivity contribution in [1.29, 1.82) is 0 Å². The number of hydrogen-bond donors (Lipinski definition) is 2. The summed E-state index contributed by atoms with van der Waals surface area (Å²) in [4.78, 5) is 21.0. The second-order valence-corrected chi connectivity index (χ2v) is 6.05. The zero-order valence-corrected chi connectivity index (χ0v) is 11.5. The highest BCUT2D eigenvalue weighted by Gasteiger charge is 2.28. The van der Waals surface area contributed by atoms with E-state index in [4.69, 9.17) is 22.4 Å². The van der Waals surface area contributed by atoms with Crippen molar-refractivity contribution in [3.05, 3.63) is 29.0 Å². The molecule has 0 unspecified atom stereocenters. The topological polar surface area (TPSA) is 118 Å². The van der Waals surface area contributed by atoms with E-state index in [-0.39, 0.29) is 0 Å². The molecule has 0 aromatic heterocycles. The van der Waals surface area contributed by atoms with E-state index in [0.717, 1.165) is 18.2 Å². The van der Waals surface area contributed by atoms with Crippen molar-refractivity contribution in [2.45, 2.75) is 4.90 Å². The van der Waals surface area contributed by atoms with E-state index in [0.29, 0.717) is 4.31 Å². The Morgan fingerprint density at radius 1 is 1.35 bits per heavy atom. The van der Waals surface area contributed by atoms with Crippen molar-refractivity contribution in [2.75, 3.05) is 13.1 Å². The van der Waals surface area contributed by atoms with Crippen LogP contribution >= 0.6 is 11.6 Å². The monoisotopic (exact) mass is 324 g/mol. The molecule has 1 aromatic rings. The minimum atomic E-state index is -4.33. The van der Waals surface area contributed by atoms with E-state index >= 15 is 0 Å². The number of carboxylic acid groups (broad SMARTS) is 1. The zero-order chi connectivity index (χ0) is 15.5. The molecule has 0 radical (unpaired) electrons. The molecule has 110 valence electrons. The van der Waals surface area contributed by atoms with Gasteiger partial charge in [-0.1, -0.05) is 11.6 Å². The first-order chi connectivity index (χ1) is 9.14. The predicted octanol–water partition coefficient (Wildman–Crippen LogP) is 0.0397. The molecule has 0 fully saturated rings. The number of halogens is 2. The summed E-state index contributed by atoms with van der Waals surface area (Å²) < 4.78 is 37.6. The third-order valence-electron chi connectivity index (χ3n) is 2.17. The van der Waals surface area contributed by atoms with Gasteiger partial charge in [-0.05, 0) is 18.2 Å². The van der Waals surface area contributed by atoms with Gasteiger partial charge in [0.2, 0.25) is 15.9 Å². The summed E-state index contributed by atoms with van der Waals surface area (Å²) >= 11 is 5.47. The Morgan fingerprint density at radius 3 is 2.40 bits per heavy atom. The summed E-state index contributed by atoms with van der Waals surface area (Å²) in [7, 11) is -4.33. The lowest BCUT2D eigenvalue weighted by molar-refractivity contribution is -0.137. The first-order valence-electron chi connectivity index (χ1n) is 5.10. The fraction of sp³-hybridized carbons (Fsp3) is 0.200. The third kappa shape index (κ3) is 3.89. The number of nitrogens with zero attached hydrogens (tertiary/aromatic N) is 1. The maximum atomic E-state index is 13.0. The maximum Gasteiger partial charge on any atom is 0.318 e. The van der Waals surface area contributed by atoms with E-state index < -0.39 is 50.7 Å². The summed E-state index contributed by atoms with van der Waals surface area (Å²) in [5, 5.41) is 8.22. The highest BCUT2D eigenvalue weighted by atomic mass is 35.5. The summed E-state index contributed by atoms with van der Waals surface area (Å²) in [6.07, 6.45) is 0. The van der Waals surface area contributed by atoms with E-state index in [2.05, 4.69) is 0 Å². The molecule has 0 aliphatic rings. The van der Waals surface area contributed by atoms with Crippen LogP contribution in [-0.4, -0.2) is 42.8 Å². The van der Waals surface area contributed by atoms with E-state index in [1.54, 1.807) is 0 Å². The minimum absolute atomic E-state index is 0.362. The highest BCUT2D eigenvalue weighted by molar-refractivity contribution is 7.89. The Bertz CT molecular complexity index is 633. The number of aliphatic carboxylic acids is 1. The fourth-order valence-electron chi connectivity index (χ4n) is 1.34. The number of primary amides is 1. The van der Waals surface area contributed by atoms with Crippen molar-refractivity contribution in [3.63, 3.8) is 0 Å². The first-order valence-corrected chi connectivity index (χ1v) is 6.91. The van der Waals surface area contributed by atoms with Crippen LogP contribution < -0.4 is 5.73 Å². The molecular weight excluding hydrogens is 315 g/mol. The molecule has 1 aromatic carbocycles. The van der Waals surface area contributed by atoms with Crippen molar-refractivity contribution in [1.82, 2.24) is 4.31 Å². The van der Waals surface area contributed by atoms with E-state index in [1.165, 1.54) is 0 Å². The number of carbonyl (C=O) groups is 2. The number of sulfonamides is 1. The average molecular weight is 325 g/mol. The van der Waals surface area contributed by atoms with Gasteiger partial charge < -0.3 is 10.8 Å². The van der Waals surface area contributed by atoms with Crippen LogP contribution in [0.15, 0.2) is 23.1 Å². The van der Waals surface area contributed by atoms with Gasteiger partial charge in [-0.2, -0.15) is 4.31 Å². The molecule has 0 bridgehead atoms. The Balaban J connectivity index is 3.24. The smallest absolute Gasteiger partial charge is 0.318 e. The molecule has 10 heteroatoms. The van der Waals surface area contributed by atoms with Gasteiger partial charge in [-0.15, -0.1) is 0 Å². The zero-order valence-electron chi connectivity index (χ0n) is 9.92. The van der Waals surface area contributed by atoms with Crippen LogP contribution in [0.4, 0.5) is 4.39 Å². The maximum absolute atomic E-state index is 13.0. The number of rotatable bonds is 6. The van der Waals surface area contributed by atoms with Gasteiger partial charge in [-0.3, -0.25) is 9.59 Å². The summed E-state index contributed by atoms with van der Waals surface area (Å²) in [5.74, 6) is -3.32. The van der Waals surface area contributed by atoms with Gasteiger partial charge in [0.1, 0.15) is 12.4 Å². The quantitative estimate of drug-likeness (QED) is 0.766. The van der Waals surface area contributed by atoms with Crippen LogP contribution in [0.3, 0.4) is 0 Å². The van der Waals surface area contributed by atoms with Crippen LogP contribution in [0.1, 0.15) is 0 Å². The van der Waals surface area contributed by atoms with Gasteiger partial charge in [0.15, 0.2) is 0 Å². The van der Waals surface area contributed by atoms with E-state index in [1.807, 2.05) is 0 Å². The number of amides is 1. The molecule has 1 rings (SSSR count). The molecular formula is C10H10ClFN2O5S. The molecule has 0 aliphatic heterocycles. The average Bonchev–Trinajstić information content (AvgIpc) is 2.30. The molecule has 0 spiro atoms. The molecule has 1 amide bonds. The number of carbonyl (C=O) groups excluding carboxylic acids is 1. The summed E-state index contributed by atoms with van der Waals surface area (Å²) in [6.45, 7) is -1.77. The Hall–Kier alpha value is -1.71. The normalized spacial score (nSPS) is 11.6. The van der Waals surface area contributed by atoms with Gasteiger partial charge in [0.25, 0.3) is 0 Å². The number of benzene rings is 1. The van der Waals surface area contributed by atoms with Crippen LogP contribution in [0.5, 0.6) is 0 Å². The molecule has 0 saturated carbocycles. The van der Waals surface area contributed by atoms with E-state index in [9.17, 15) is 22.4 Å². The van der Waals surface area contributed by atoms with Gasteiger partial charge in [-0.25, -0.2) is 12.8 Å². The Kier molecular flexibility index (Phi) is 5.03. The largest absolute Gasteiger partial charge is 0.480 e. The van der Waals surface area contributed by atoms with Crippen molar-refractivity contribution in [2.24, 2.45) is 5.73 Å².